The summed E-state index contributed by atoms with van der Waals surface area (Å²) in [7, 11) is 0. The van der Waals surface area contributed by atoms with Gasteiger partial charge < -0.3 is 9.47 Å². The fourth-order valence-electron chi connectivity index (χ4n) is 3.49. The van der Waals surface area contributed by atoms with Crippen LogP contribution in [0.15, 0.2) is 53.4 Å². The first-order valence-corrected chi connectivity index (χ1v) is 14.3. The van der Waals surface area contributed by atoms with Crippen LogP contribution in [0.3, 0.4) is 0 Å². The van der Waals surface area contributed by atoms with E-state index in [0.29, 0.717) is 49.3 Å². The topological polar surface area (TPSA) is 55.8 Å². The lowest BCUT2D eigenvalue weighted by Crippen LogP contribution is -2.27. The van der Waals surface area contributed by atoms with Gasteiger partial charge in [0.25, 0.3) is 11.1 Å². The molecule has 0 aromatic heterocycles. The highest BCUT2D eigenvalue weighted by Gasteiger charge is 2.35. The molecule has 0 spiro atoms. The van der Waals surface area contributed by atoms with E-state index < -0.39 is 11.1 Å². The zero-order chi connectivity index (χ0) is 26.7. The first-order valence-electron chi connectivity index (χ1n) is 10.9. The van der Waals surface area contributed by atoms with Gasteiger partial charge in [0.05, 0.1) is 21.6 Å². The molecule has 0 bridgehead atoms. The number of carbonyl (C=O) groups excluding carboxylic acids is 2. The van der Waals surface area contributed by atoms with Crippen LogP contribution in [-0.4, -0.2) is 22.7 Å². The van der Waals surface area contributed by atoms with Crippen LogP contribution >= 0.6 is 80.8 Å². The zero-order valence-electron chi connectivity index (χ0n) is 19.2. The predicted octanol–water partition coefficient (Wildman–Crippen LogP) is 9.12. The number of hydrogen-bond donors (Lipinski definition) is 0. The Hall–Kier alpha value is -1.62. The summed E-state index contributed by atoms with van der Waals surface area (Å²) in [4.78, 5) is 27.1. The summed E-state index contributed by atoms with van der Waals surface area (Å²) in [6, 6.07) is 13.9. The third kappa shape index (κ3) is 6.69. The van der Waals surface area contributed by atoms with Crippen molar-refractivity contribution >= 4 is 98.0 Å². The Kier molecular flexibility index (Phi) is 9.58. The van der Waals surface area contributed by atoms with Gasteiger partial charge in [-0.25, -0.2) is 0 Å². The zero-order valence-corrected chi connectivity index (χ0v) is 25.2. The van der Waals surface area contributed by atoms with Crippen LogP contribution in [0.5, 0.6) is 11.5 Å². The molecule has 0 aliphatic carbocycles. The number of halogens is 5. The largest absolute Gasteiger partial charge is 0.490 e. The number of thioether (sulfide) groups is 1. The highest BCUT2D eigenvalue weighted by atomic mass is 127. The number of imide groups is 1. The molecule has 1 saturated heterocycles. The summed E-state index contributed by atoms with van der Waals surface area (Å²) >= 11 is 27.7. The van der Waals surface area contributed by atoms with E-state index in [1.54, 1.807) is 48.5 Å². The molecule has 0 radical (unpaired) electrons. The molecule has 192 valence electrons. The number of carbonyl (C=O) groups is 2. The van der Waals surface area contributed by atoms with Gasteiger partial charge in [-0.3, -0.25) is 14.5 Å². The lowest BCUT2D eigenvalue weighted by molar-refractivity contribution is -0.123. The minimum atomic E-state index is -0.420. The standard InChI is InChI=1S/C26H18Cl4INO4S/c1-2-35-22-9-14(8-21(31)24(22)36-13-15-6-7-16(27)11-20(15)30)10-23-25(33)32(26(34)37-23)12-17-18(28)4-3-5-19(17)29/h3-11H,2,12-13H2,1H3/b23-10+. The number of amides is 2. The number of ether oxygens (including phenoxy) is 2. The van der Waals surface area contributed by atoms with Gasteiger partial charge in [0.2, 0.25) is 0 Å². The van der Waals surface area contributed by atoms with E-state index in [9.17, 15) is 9.59 Å². The lowest BCUT2D eigenvalue weighted by Gasteiger charge is -2.16. The molecule has 3 aromatic rings. The maximum Gasteiger partial charge on any atom is 0.293 e. The van der Waals surface area contributed by atoms with Crippen LogP contribution in [-0.2, 0) is 17.9 Å². The monoisotopic (exact) mass is 707 g/mol. The Morgan fingerprint density at radius 2 is 1.70 bits per heavy atom. The van der Waals surface area contributed by atoms with Crippen molar-refractivity contribution in [2.75, 3.05) is 6.61 Å². The molecule has 1 fully saturated rings. The third-order valence-corrected chi connectivity index (χ3v) is 8.27. The first-order chi connectivity index (χ1) is 17.7. The molecule has 4 rings (SSSR count). The second-order valence-corrected chi connectivity index (χ2v) is 11.6. The van der Waals surface area contributed by atoms with Gasteiger partial charge in [0, 0.05) is 31.2 Å². The van der Waals surface area contributed by atoms with Crippen molar-refractivity contribution in [1.82, 2.24) is 4.90 Å². The van der Waals surface area contributed by atoms with Crippen molar-refractivity contribution < 1.29 is 19.1 Å². The average molecular weight is 709 g/mol. The van der Waals surface area contributed by atoms with Crippen molar-refractivity contribution in [3.63, 3.8) is 0 Å². The smallest absolute Gasteiger partial charge is 0.293 e. The predicted molar refractivity (Wildman–Crippen MR) is 159 cm³/mol. The van der Waals surface area contributed by atoms with Gasteiger partial charge in [-0.05, 0) is 89.3 Å². The number of rotatable bonds is 8. The summed E-state index contributed by atoms with van der Waals surface area (Å²) in [5.41, 5.74) is 1.98. The third-order valence-electron chi connectivity index (χ3n) is 5.27. The molecule has 0 saturated carbocycles. The molecule has 11 heteroatoms. The minimum Gasteiger partial charge on any atom is -0.490 e. The van der Waals surface area contributed by atoms with Crippen LogP contribution in [0.2, 0.25) is 20.1 Å². The molecule has 1 aliphatic rings. The Bertz CT molecular complexity index is 1400. The summed E-state index contributed by atoms with van der Waals surface area (Å²) in [6.07, 6.45) is 1.66. The Morgan fingerprint density at radius 3 is 2.38 bits per heavy atom. The van der Waals surface area contributed by atoms with E-state index in [4.69, 9.17) is 55.9 Å². The molecule has 1 aliphatic heterocycles. The quantitative estimate of drug-likeness (QED) is 0.173. The van der Waals surface area contributed by atoms with Crippen LogP contribution < -0.4 is 9.47 Å². The van der Waals surface area contributed by atoms with Crippen molar-refractivity contribution in [1.29, 1.82) is 0 Å². The van der Waals surface area contributed by atoms with E-state index in [1.165, 1.54) is 0 Å². The summed E-state index contributed by atoms with van der Waals surface area (Å²) < 4.78 is 12.6. The number of benzene rings is 3. The van der Waals surface area contributed by atoms with Gasteiger partial charge in [-0.2, -0.15) is 0 Å². The highest BCUT2D eigenvalue weighted by Crippen LogP contribution is 2.39. The maximum absolute atomic E-state index is 13.1. The number of hydrogen-bond acceptors (Lipinski definition) is 5. The van der Waals surface area contributed by atoms with Crippen LogP contribution in [0.1, 0.15) is 23.6 Å². The lowest BCUT2D eigenvalue weighted by atomic mass is 10.1. The second-order valence-electron chi connectivity index (χ2n) is 7.76. The van der Waals surface area contributed by atoms with Crippen LogP contribution in [0, 0.1) is 3.57 Å². The van der Waals surface area contributed by atoms with Crippen molar-refractivity contribution in [2.45, 2.75) is 20.1 Å². The summed E-state index contributed by atoms with van der Waals surface area (Å²) in [5, 5.41) is 1.43. The van der Waals surface area contributed by atoms with Gasteiger partial charge in [0.15, 0.2) is 11.5 Å². The van der Waals surface area contributed by atoms with Crippen molar-refractivity contribution in [2.24, 2.45) is 0 Å². The van der Waals surface area contributed by atoms with Crippen molar-refractivity contribution in [3.05, 3.63) is 93.8 Å². The Labute approximate surface area is 252 Å². The van der Waals surface area contributed by atoms with Crippen molar-refractivity contribution in [3.8, 4) is 11.5 Å². The fraction of sp³-hybridized carbons (Fsp3) is 0.154. The Balaban J connectivity index is 1.58. The molecule has 3 aromatic carbocycles. The van der Waals surface area contributed by atoms with E-state index in [-0.39, 0.29) is 18.1 Å². The van der Waals surface area contributed by atoms with E-state index in [2.05, 4.69) is 22.6 Å². The molecular formula is C26H18Cl4INO4S. The SMILES string of the molecule is CCOc1cc(/C=C2/SC(=O)N(Cc3c(Cl)cccc3Cl)C2=O)cc(I)c1OCc1ccc(Cl)cc1Cl. The van der Waals surface area contributed by atoms with Gasteiger partial charge in [-0.1, -0.05) is 58.5 Å². The van der Waals surface area contributed by atoms with E-state index in [1.807, 2.05) is 13.0 Å². The molecule has 2 amide bonds. The minimum absolute atomic E-state index is 0.0116. The van der Waals surface area contributed by atoms with E-state index in [0.717, 1.165) is 25.8 Å². The summed E-state index contributed by atoms with van der Waals surface area (Å²) in [5.74, 6) is 0.636. The maximum atomic E-state index is 13.1. The molecule has 37 heavy (non-hydrogen) atoms. The van der Waals surface area contributed by atoms with Crippen LogP contribution in [0.25, 0.3) is 6.08 Å². The first kappa shape index (κ1) is 28.4. The molecule has 5 nitrogen and oxygen atoms in total. The van der Waals surface area contributed by atoms with Crippen LogP contribution in [0.4, 0.5) is 4.79 Å². The fourth-order valence-corrected chi connectivity index (χ4v) is 6.09. The van der Waals surface area contributed by atoms with Gasteiger partial charge >= 0.3 is 0 Å². The summed E-state index contributed by atoms with van der Waals surface area (Å²) in [6.45, 7) is 2.48. The normalized spacial score (nSPS) is 14.5. The van der Waals surface area contributed by atoms with Gasteiger partial charge in [0.1, 0.15) is 6.61 Å². The molecule has 0 unspecified atom stereocenters. The molecule has 0 atom stereocenters. The molecule has 1 heterocycles. The highest BCUT2D eigenvalue weighted by molar-refractivity contribution is 14.1. The van der Waals surface area contributed by atoms with Gasteiger partial charge in [-0.15, -0.1) is 0 Å². The Morgan fingerprint density at radius 1 is 0.973 bits per heavy atom. The van der Waals surface area contributed by atoms with E-state index >= 15 is 0 Å². The second kappa shape index (κ2) is 12.5. The average Bonchev–Trinajstić information content (AvgIpc) is 3.09. The molecule has 0 N–H and O–H groups in total. The number of nitrogens with zero attached hydrogens (tertiary/aromatic N) is 1. The molecular weight excluding hydrogens is 691 g/mol.